The van der Waals surface area contributed by atoms with E-state index in [9.17, 15) is 0 Å². The Kier molecular flexibility index (Phi) is 3.04. The van der Waals surface area contributed by atoms with E-state index in [-0.39, 0.29) is 17.1 Å². The van der Waals surface area contributed by atoms with Crippen LogP contribution in [0.25, 0.3) is 0 Å². The molecule has 0 nitrogen and oxygen atoms in total. The van der Waals surface area contributed by atoms with Crippen molar-refractivity contribution in [2.24, 2.45) is 0 Å². The van der Waals surface area contributed by atoms with Gasteiger partial charge in [-0.05, 0) is 0 Å². The molecule has 0 spiro atoms. The molecule has 1 saturated carbocycles. The van der Waals surface area contributed by atoms with Crippen LogP contribution in [0.1, 0.15) is 32.1 Å². The molecule has 0 aliphatic heterocycles. The van der Waals surface area contributed by atoms with Crippen LogP contribution in [0.5, 0.6) is 0 Å². The van der Waals surface area contributed by atoms with Crippen LogP contribution in [0.2, 0.25) is 10.0 Å². The van der Waals surface area contributed by atoms with Crippen LogP contribution in [0.4, 0.5) is 0 Å². The summed E-state index contributed by atoms with van der Waals surface area (Å²) in [5.74, 6) is 0. The van der Waals surface area contributed by atoms with Gasteiger partial charge in [0.2, 0.25) is 0 Å². The van der Waals surface area contributed by atoms with Crippen molar-refractivity contribution in [3.05, 3.63) is 0 Å². The predicted molar refractivity (Wildman–Crippen MR) is 32.7 cm³/mol. The van der Waals surface area contributed by atoms with E-state index in [1.54, 1.807) is 25.7 Å². The van der Waals surface area contributed by atoms with E-state index in [2.05, 4.69) is 5.52 Å². The fourth-order valence-electron chi connectivity index (χ4n) is 1.60. The van der Waals surface area contributed by atoms with E-state index in [1.807, 2.05) is 0 Å². The molecular formula is C7H14Zn. The molecule has 0 saturated heterocycles. The SMILES string of the molecule is [CH3][Zn][CH]1CCCCC1. The van der Waals surface area contributed by atoms with Gasteiger partial charge >= 0.3 is 59.3 Å². The van der Waals surface area contributed by atoms with Crippen molar-refractivity contribution in [3.8, 4) is 0 Å². The molecule has 0 radical (unpaired) electrons. The van der Waals surface area contributed by atoms with E-state index in [1.165, 1.54) is 10.9 Å². The first-order valence-corrected chi connectivity index (χ1v) is 8.61. The third kappa shape index (κ3) is 1.86. The fourth-order valence-corrected chi connectivity index (χ4v) is 4.52. The summed E-state index contributed by atoms with van der Waals surface area (Å²) in [6, 6.07) is 0. The molecule has 8 heavy (non-hydrogen) atoms. The third-order valence-corrected chi connectivity index (χ3v) is 6.44. The molecule has 1 fully saturated rings. The van der Waals surface area contributed by atoms with Crippen molar-refractivity contribution >= 4 is 0 Å². The monoisotopic (exact) mass is 162 g/mol. The quantitative estimate of drug-likeness (QED) is 0.522. The Morgan fingerprint density at radius 1 is 1.12 bits per heavy atom. The number of hydrogen-bond acceptors (Lipinski definition) is 0. The zero-order chi connectivity index (χ0) is 5.82. The Morgan fingerprint density at radius 2 is 1.75 bits per heavy atom. The summed E-state index contributed by atoms with van der Waals surface area (Å²) < 4.78 is 1.27. The minimum atomic E-state index is 0.00125. The summed E-state index contributed by atoms with van der Waals surface area (Å²) in [5.41, 5.74) is 2.50. The Morgan fingerprint density at radius 3 is 2.12 bits per heavy atom. The van der Waals surface area contributed by atoms with E-state index < -0.39 is 0 Å². The van der Waals surface area contributed by atoms with E-state index in [0.29, 0.717) is 0 Å². The van der Waals surface area contributed by atoms with Gasteiger partial charge in [0, 0.05) is 0 Å². The molecule has 0 amide bonds. The summed E-state index contributed by atoms with van der Waals surface area (Å²) in [5, 5.41) is 0. The molecule has 1 heteroatoms. The van der Waals surface area contributed by atoms with Gasteiger partial charge in [-0.1, -0.05) is 0 Å². The molecule has 0 unspecified atom stereocenters. The molecule has 1 aliphatic rings. The van der Waals surface area contributed by atoms with Gasteiger partial charge in [-0.3, -0.25) is 0 Å². The second kappa shape index (κ2) is 3.61. The second-order valence-electron chi connectivity index (χ2n) is 2.91. The normalized spacial score (nSPS) is 22.6. The topological polar surface area (TPSA) is 0 Å². The Balaban J connectivity index is 2.13. The fraction of sp³-hybridized carbons (Fsp3) is 1.00. The van der Waals surface area contributed by atoms with E-state index in [4.69, 9.17) is 0 Å². The van der Waals surface area contributed by atoms with Crippen LogP contribution in [0, 0.1) is 0 Å². The first-order valence-electron chi connectivity index (χ1n) is 3.93. The summed E-state index contributed by atoms with van der Waals surface area (Å²) in [7, 11) is 0. The van der Waals surface area contributed by atoms with Crippen LogP contribution >= 0.6 is 0 Å². The maximum atomic E-state index is 2.50. The molecular weight excluding hydrogens is 149 g/mol. The molecule has 0 aromatic heterocycles. The molecule has 44 valence electrons. The molecule has 0 heterocycles. The van der Waals surface area contributed by atoms with Crippen LogP contribution in [-0.4, -0.2) is 0 Å². The van der Waals surface area contributed by atoms with Gasteiger partial charge in [0.25, 0.3) is 0 Å². The molecule has 1 aliphatic carbocycles. The summed E-state index contributed by atoms with van der Waals surface area (Å²) >= 11 is 0.00125. The van der Waals surface area contributed by atoms with Gasteiger partial charge in [0.1, 0.15) is 0 Å². The van der Waals surface area contributed by atoms with Crippen LogP contribution < -0.4 is 0 Å². The Bertz CT molecular complexity index is 55.4. The Labute approximate surface area is 59.6 Å². The van der Waals surface area contributed by atoms with Crippen molar-refractivity contribution in [1.29, 1.82) is 0 Å². The Hall–Kier alpha value is 0.623. The predicted octanol–water partition coefficient (Wildman–Crippen LogP) is 2.87. The van der Waals surface area contributed by atoms with Crippen molar-refractivity contribution in [3.63, 3.8) is 0 Å². The molecule has 1 rings (SSSR count). The maximum absolute atomic E-state index is 2.50. The second-order valence-corrected chi connectivity index (χ2v) is 7.05. The van der Waals surface area contributed by atoms with Gasteiger partial charge in [-0.25, -0.2) is 0 Å². The van der Waals surface area contributed by atoms with Gasteiger partial charge < -0.3 is 0 Å². The number of rotatable bonds is 1. The van der Waals surface area contributed by atoms with E-state index in [0.717, 1.165) is 0 Å². The van der Waals surface area contributed by atoms with Crippen molar-refractivity contribution in [1.82, 2.24) is 0 Å². The molecule has 0 aromatic carbocycles. The zero-order valence-corrected chi connectivity index (χ0v) is 8.79. The van der Waals surface area contributed by atoms with E-state index >= 15 is 0 Å². The molecule has 0 N–H and O–H groups in total. The van der Waals surface area contributed by atoms with Crippen LogP contribution in [0.15, 0.2) is 0 Å². The summed E-state index contributed by atoms with van der Waals surface area (Å²) in [6.07, 6.45) is 7.80. The first kappa shape index (κ1) is 6.74. The number of hydrogen-bond donors (Lipinski definition) is 0. The zero-order valence-electron chi connectivity index (χ0n) is 5.82. The molecule has 0 bridgehead atoms. The first-order chi connectivity index (χ1) is 3.93. The van der Waals surface area contributed by atoms with Gasteiger partial charge in [-0.2, -0.15) is 0 Å². The summed E-state index contributed by atoms with van der Waals surface area (Å²) in [6.45, 7) is 0. The van der Waals surface area contributed by atoms with Crippen LogP contribution in [0.3, 0.4) is 0 Å². The minimum absolute atomic E-state index is 0.00125. The van der Waals surface area contributed by atoms with Crippen LogP contribution in [-0.2, 0) is 17.1 Å². The van der Waals surface area contributed by atoms with Crippen molar-refractivity contribution < 1.29 is 17.1 Å². The molecule has 0 aromatic rings. The average Bonchev–Trinajstić information content (AvgIpc) is 1.90. The van der Waals surface area contributed by atoms with Gasteiger partial charge in [0.05, 0.1) is 0 Å². The van der Waals surface area contributed by atoms with Gasteiger partial charge in [0.15, 0.2) is 0 Å². The average molecular weight is 164 g/mol. The van der Waals surface area contributed by atoms with Crippen molar-refractivity contribution in [2.45, 2.75) is 42.1 Å². The molecule has 0 atom stereocenters. The standard InChI is InChI=1S/C6H11.CH3.Zn/c1-2-4-6-5-3-1;;/h1H,2-6H2;1H3;. The third-order valence-electron chi connectivity index (χ3n) is 2.30. The van der Waals surface area contributed by atoms with Gasteiger partial charge in [-0.15, -0.1) is 0 Å². The van der Waals surface area contributed by atoms with Crippen molar-refractivity contribution in [2.75, 3.05) is 0 Å². The summed E-state index contributed by atoms with van der Waals surface area (Å²) in [4.78, 5) is 0.